The average molecular weight is 577 g/mol. The summed E-state index contributed by atoms with van der Waals surface area (Å²) in [5.74, 6) is 0. The number of rotatable bonds is 0. The zero-order valence-corrected chi connectivity index (χ0v) is 28.3. The second kappa shape index (κ2) is 59.3. The largest absolute Gasteiger partial charge is 0.394 e. The molecule has 34 heavy (non-hydrogen) atoms. The van der Waals surface area contributed by atoms with Crippen molar-refractivity contribution in [3.8, 4) is 0 Å². The fourth-order valence-electron chi connectivity index (χ4n) is 0. The van der Waals surface area contributed by atoms with E-state index in [9.17, 15) is 0 Å². The Hall–Kier alpha value is 1.11. The Balaban J connectivity index is -0.0000000240. The Kier molecular flexibility index (Phi) is 113. The van der Waals surface area contributed by atoms with E-state index in [0.29, 0.717) is 0 Å². The van der Waals surface area contributed by atoms with Crippen LogP contribution < -0.4 is 0 Å². The van der Waals surface area contributed by atoms with Crippen LogP contribution >= 0.6 is 0 Å². The summed E-state index contributed by atoms with van der Waals surface area (Å²) in [6.07, 6.45) is -1.33. The maximum atomic E-state index is 8.06. The second-order valence-corrected chi connectivity index (χ2v) is 8.75. The third-order valence-corrected chi connectivity index (χ3v) is 0. The maximum Gasteiger partial charge on any atom is 0.0483 e. The molecule has 0 aromatic rings. The van der Waals surface area contributed by atoms with Gasteiger partial charge in [0, 0.05) is 92.3 Å². The molecule has 0 heterocycles. The Morgan fingerprint density at radius 3 is 0.206 bits per heavy atom. The van der Waals surface area contributed by atoms with Crippen LogP contribution in [0.1, 0.15) is 111 Å². The zero-order valence-electron chi connectivity index (χ0n) is 25.2. The number of hydrogen-bond acceptors (Lipinski definition) is 8. The van der Waals surface area contributed by atoms with Gasteiger partial charge in [-0.25, -0.2) is 0 Å². The van der Waals surface area contributed by atoms with Crippen molar-refractivity contribution in [2.75, 3.05) is 0 Å². The van der Waals surface area contributed by atoms with E-state index in [1.54, 1.807) is 111 Å². The summed E-state index contributed by atoms with van der Waals surface area (Å²) >= 11 is 0. The van der Waals surface area contributed by atoms with Crippen molar-refractivity contribution >= 4 is 0 Å². The molecular weight excluding hydrogens is 512 g/mol. The molecule has 0 saturated carbocycles. The molecule has 0 unspecified atom stereocenters. The summed E-state index contributed by atoms with van der Waals surface area (Å²) < 4.78 is 0. The molecule has 0 aromatic heterocycles. The summed E-state index contributed by atoms with van der Waals surface area (Å²) in [4.78, 5) is 0. The first-order valence-corrected chi connectivity index (χ1v) is 11.3. The monoisotopic (exact) mass is 576 g/mol. The van der Waals surface area contributed by atoms with Crippen LogP contribution in [0.15, 0.2) is 0 Å². The van der Waals surface area contributed by atoms with Gasteiger partial charge in [0.25, 0.3) is 0 Å². The smallest absolute Gasteiger partial charge is 0.0483 e. The summed E-state index contributed by atoms with van der Waals surface area (Å²) in [5.41, 5.74) is 0. The van der Waals surface area contributed by atoms with Crippen LogP contribution in [0, 0.1) is 0 Å². The molecule has 0 rings (SSSR count). The minimum absolute atomic E-state index is 0. The number of aliphatic hydroxyl groups is 8. The van der Waals surface area contributed by atoms with E-state index in [4.69, 9.17) is 40.9 Å². The Morgan fingerprint density at radius 2 is 0.206 bits per heavy atom. The fraction of sp³-hybridized carbons (Fsp3) is 1.00. The summed E-state index contributed by atoms with van der Waals surface area (Å²) in [7, 11) is 0. The molecule has 0 saturated heterocycles. The van der Waals surface area contributed by atoms with Crippen molar-refractivity contribution in [1.29, 1.82) is 0 Å². The van der Waals surface area contributed by atoms with Gasteiger partial charge in [-0.3, -0.25) is 0 Å². The SMILES string of the molecule is CC(C)O.CC(C)O.CC(C)O.CC(C)O.CC(C)O.CC(C)O.CC(C)O.CC(C)O.[Ti].[Ti]. The number of hydrogen-bond donors (Lipinski definition) is 8. The normalized spacial score (nSPS) is 8.47. The molecule has 0 aliphatic carbocycles. The van der Waals surface area contributed by atoms with Crippen LogP contribution in [0.5, 0.6) is 0 Å². The van der Waals surface area contributed by atoms with Crippen LogP contribution in [0.4, 0.5) is 0 Å². The molecular formula is C24H64O8Ti2. The quantitative estimate of drug-likeness (QED) is 0.204. The van der Waals surface area contributed by atoms with Crippen molar-refractivity contribution in [3.05, 3.63) is 0 Å². The minimum Gasteiger partial charge on any atom is -0.394 e. The predicted octanol–water partition coefficient (Wildman–Crippen LogP) is 3.09. The first-order chi connectivity index (χ1) is 13.9. The molecule has 0 radical (unpaired) electrons. The molecule has 0 fully saturated rings. The van der Waals surface area contributed by atoms with E-state index in [2.05, 4.69) is 0 Å². The number of aliphatic hydroxyl groups excluding tert-OH is 8. The van der Waals surface area contributed by atoms with Crippen LogP contribution in [-0.2, 0) is 43.4 Å². The van der Waals surface area contributed by atoms with Gasteiger partial charge in [-0.15, -0.1) is 0 Å². The summed E-state index contributed by atoms with van der Waals surface area (Å²) in [5, 5.41) is 64.4. The van der Waals surface area contributed by atoms with Crippen molar-refractivity contribution < 1.29 is 84.3 Å². The molecule has 0 aromatic carbocycles. The van der Waals surface area contributed by atoms with Gasteiger partial charge in [-0.2, -0.15) is 0 Å². The standard InChI is InChI=1S/8C3H8O.2Ti/c8*1-3(2)4;;/h8*3-4H,1-2H3;;. The molecule has 0 amide bonds. The Morgan fingerprint density at radius 1 is 0.206 bits per heavy atom. The topological polar surface area (TPSA) is 162 Å². The molecule has 10 heteroatoms. The molecule has 8 N–H and O–H groups in total. The Labute approximate surface area is 243 Å². The van der Waals surface area contributed by atoms with Gasteiger partial charge in [0.05, 0.1) is 0 Å². The van der Waals surface area contributed by atoms with Crippen molar-refractivity contribution in [2.45, 2.75) is 160 Å². The van der Waals surface area contributed by atoms with Gasteiger partial charge < -0.3 is 40.9 Å². The second-order valence-electron chi connectivity index (χ2n) is 8.75. The molecule has 0 aliphatic rings. The first kappa shape index (κ1) is 64.8. The molecule has 0 bridgehead atoms. The van der Waals surface area contributed by atoms with Crippen molar-refractivity contribution in [1.82, 2.24) is 0 Å². The summed E-state index contributed by atoms with van der Waals surface area (Å²) in [6.45, 7) is 27.6. The average Bonchev–Trinajstić information content (AvgIpc) is 2.30. The van der Waals surface area contributed by atoms with Gasteiger partial charge in [-0.1, -0.05) is 0 Å². The van der Waals surface area contributed by atoms with E-state index >= 15 is 0 Å². The Bertz CT molecular complexity index is 147. The molecule has 0 spiro atoms. The predicted molar refractivity (Wildman–Crippen MR) is 139 cm³/mol. The van der Waals surface area contributed by atoms with E-state index < -0.39 is 0 Å². The van der Waals surface area contributed by atoms with E-state index in [1.165, 1.54) is 0 Å². The van der Waals surface area contributed by atoms with Crippen LogP contribution in [0.2, 0.25) is 0 Å². The minimum atomic E-state index is -0.167. The van der Waals surface area contributed by atoms with Crippen molar-refractivity contribution in [3.63, 3.8) is 0 Å². The maximum absolute atomic E-state index is 8.06. The van der Waals surface area contributed by atoms with Crippen LogP contribution in [-0.4, -0.2) is 89.7 Å². The molecule has 216 valence electrons. The molecule has 8 nitrogen and oxygen atoms in total. The van der Waals surface area contributed by atoms with E-state index in [-0.39, 0.29) is 92.3 Å². The van der Waals surface area contributed by atoms with Crippen LogP contribution in [0.25, 0.3) is 0 Å². The van der Waals surface area contributed by atoms with Crippen LogP contribution in [0.3, 0.4) is 0 Å². The molecule has 0 aliphatic heterocycles. The summed E-state index contributed by atoms with van der Waals surface area (Å²) in [6, 6.07) is 0. The van der Waals surface area contributed by atoms with Gasteiger partial charge in [0.2, 0.25) is 0 Å². The van der Waals surface area contributed by atoms with Gasteiger partial charge >= 0.3 is 0 Å². The van der Waals surface area contributed by atoms with Gasteiger partial charge in [0.1, 0.15) is 0 Å². The van der Waals surface area contributed by atoms with Gasteiger partial charge in [0.15, 0.2) is 0 Å². The fourth-order valence-corrected chi connectivity index (χ4v) is 0. The third kappa shape index (κ3) is 27800. The zero-order chi connectivity index (χ0) is 28.6. The van der Waals surface area contributed by atoms with Gasteiger partial charge in [-0.05, 0) is 111 Å². The molecule has 0 atom stereocenters. The van der Waals surface area contributed by atoms with E-state index in [0.717, 1.165) is 0 Å². The van der Waals surface area contributed by atoms with Crippen molar-refractivity contribution in [2.24, 2.45) is 0 Å². The third-order valence-electron chi connectivity index (χ3n) is 0. The van der Waals surface area contributed by atoms with E-state index in [1.807, 2.05) is 0 Å². The first-order valence-electron chi connectivity index (χ1n) is 11.3.